The second-order valence-corrected chi connectivity index (χ2v) is 7.38. The van der Waals surface area contributed by atoms with Crippen molar-refractivity contribution in [2.75, 3.05) is 18.0 Å². The lowest BCUT2D eigenvalue weighted by Crippen LogP contribution is -2.42. The fourth-order valence-corrected chi connectivity index (χ4v) is 4.01. The van der Waals surface area contributed by atoms with Crippen molar-refractivity contribution in [1.29, 1.82) is 0 Å². The molecule has 5 nitrogen and oxygen atoms in total. The number of amides is 3. The van der Waals surface area contributed by atoms with Crippen molar-refractivity contribution >= 4 is 51.9 Å². The fraction of sp³-hybridized carbons (Fsp3) is 0.105. The summed E-state index contributed by atoms with van der Waals surface area (Å²) in [5.41, 5.74) is 0.693. The highest BCUT2D eigenvalue weighted by atomic mass is 32.2. The fourth-order valence-electron chi connectivity index (χ4n) is 2.45. The lowest BCUT2D eigenvalue weighted by molar-refractivity contribution is -0.128. The van der Waals surface area contributed by atoms with Crippen LogP contribution in [0.1, 0.15) is 4.88 Å². The number of benzene rings is 1. The predicted molar refractivity (Wildman–Crippen MR) is 106 cm³/mol. The number of hydrogen-bond acceptors (Lipinski definition) is 5. The van der Waals surface area contributed by atoms with Gasteiger partial charge in [0.05, 0.1) is 4.91 Å². The Bertz CT molecular complexity index is 860. The van der Waals surface area contributed by atoms with Gasteiger partial charge in [-0.3, -0.25) is 19.3 Å². The van der Waals surface area contributed by atoms with Crippen LogP contribution in [0.5, 0.6) is 0 Å². The van der Waals surface area contributed by atoms with Gasteiger partial charge in [-0.2, -0.15) is 0 Å². The third kappa shape index (κ3) is 3.95. The van der Waals surface area contributed by atoms with Crippen molar-refractivity contribution in [2.24, 2.45) is 0 Å². The number of carbonyl (C=O) groups excluding carboxylic acids is 3. The number of anilines is 1. The van der Waals surface area contributed by atoms with E-state index in [1.54, 1.807) is 24.3 Å². The van der Waals surface area contributed by atoms with Crippen molar-refractivity contribution in [3.8, 4) is 0 Å². The Labute approximate surface area is 159 Å². The Morgan fingerprint density at radius 3 is 2.58 bits per heavy atom. The maximum atomic E-state index is 12.7. The van der Waals surface area contributed by atoms with E-state index in [1.165, 1.54) is 16.2 Å². The van der Waals surface area contributed by atoms with Gasteiger partial charge in [0.2, 0.25) is 5.91 Å². The van der Waals surface area contributed by atoms with Crippen molar-refractivity contribution in [1.82, 2.24) is 4.90 Å². The predicted octanol–water partition coefficient (Wildman–Crippen LogP) is 4.00. The molecule has 1 aliphatic heterocycles. The molecule has 132 valence electrons. The van der Waals surface area contributed by atoms with Gasteiger partial charge in [0.1, 0.15) is 6.54 Å². The molecule has 1 aromatic heterocycles. The molecule has 2 aromatic rings. The third-order valence-electron chi connectivity index (χ3n) is 3.66. The molecule has 0 aliphatic carbocycles. The molecule has 7 heteroatoms. The van der Waals surface area contributed by atoms with E-state index in [2.05, 4.69) is 6.58 Å². The zero-order valence-electron chi connectivity index (χ0n) is 13.8. The van der Waals surface area contributed by atoms with E-state index in [0.29, 0.717) is 17.1 Å². The Kier molecular flexibility index (Phi) is 5.70. The monoisotopic (exact) mass is 384 g/mol. The average molecular weight is 384 g/mol. The molecule has 0 bridgehead atoms. The first-order valence-electron chi connectivity index (χ1n) is 7.85. The summed E-state index contributed by atoms with van der Waals surface area (Å²) in [7, 11) is 0. The molecule has 1 fully saturated rings. The molecular formula is C19H16N2O3S2. The highest BCUT2D eigenvalue weighted by molar-refractivity contribution is 8.18. The van der Waals surface area contributed by atoms with Crippen LogP contribution in [0.4, 0.5) is 10.5 Å². The van der Waals surface area contributed by atoms with Crippen LogP contribution < -0.4 is 4.90 Å². The Morgan fingerprint density at radius 1 is 1.15 bits per heavy atom. The van der Waals surface area contributed by atoms with Gasteiger partial charge in [0.25, 0.3) is 11.1 Å². The van der Waals surface area contributed by atoms with Crippen LogP contribution in [0.15, 0.2) is 65.4 Å². The number of para-hydroxylation sites is 1. The average Bonchev–Trinajstić information content (AvgIpc) is 3.24. The first-order chi connectivity index (χ1) is 12.6. The van der Waals surface area contributed by atoms with Crippen LogP contribution in [-0.4, -0.2) is 35.0 Å². The summed E-state index contributed by atoms with van der Waals surface area (Å²) in [6.07, 6.45) is 3.29. The molecule has 26 heavy (non-hydrogen) atoms. The SMILES string of the molecule is C=CCN(C(=O)CN1C(=O)S/C(=C\c2cccs2)C1=O)c1ccccc1. The zero-order valence-corrected chi connectivity index (χ0v) is 15.5. The first-order valence-corrected chi connectivity index (χ1v) is 9.55. The number of hydrogen-bond donors (Lipinski definition) is 0. The quantitative estimate of drug-likeness (QED) is 0.558. The number of thioether (sulfide) groups is 1. The number of carbonyl (C=O) groups is 3. The summed E-state index contributed by atoms with van der Waals surface area (Å²) in [6, 6.07) is 12.8. The van der Waals surface area contributed by atoms with Gasteiger partial charge in [-0.25, -0.2) is 0 Å². The molecule has 0 N–H and O–H groups in total. The standard InChI is InChI=1S/C19H16N2O3S2/c1-2-10-20(14-7-4-3-5-8-14)17(22)13-21-18(23)16(26-19(21)24)12-15-9-6-11-25-15/h2-9,11-12H,1,10,13H2/b16-12-. The van der Waals surface area contributed by atoms with Crippen molar-refractivity contribution in [3.05, 3.63) is 70.3 Å². The van der Waals surface area contributed by atoms with Gasteiger partial charge >= 0.3 is 0 Å². The van der Waals surface area contributed by atoms with Crippen LogP contribution in [-0.2, 0) is 9.59 Å². The van der Waals surface area contributed by atoms with Gasteiger partial charge in [-0.15, -0.1) is 17.9 Å². The van der Waals surface area contributed by atoms with Crippen molar-refractivity contribution < 1.29 is 14.4 Å². The Morgan fingerprint density at radius 2 is 1.92 bits per heavy atom. The maximum absolute atomic E-state index is 12.7. The second-order valence-electron chi connectivity index (χ2n) is 5.41. The van der Waals surface area contributed by atoms with E-state index in [4.69, 9.17) is 0 Å². The normalized spacial score (nSPS) is 15.5. The minimum Gasteiger partial charge on any atom is -0.307 e. The van der Waals surface area contributed by atoms with Crippen LogP contribution in [0.25, 0.3) is 6.08 Å². The molecule has 0 saturated carbocycles. The van der Waals surface area contributed by atoms with Crippen molar-refractivity contribution in [3.63, 3.8) is 0 Å². The number of nitrogens with zero attached hydrogens (tertiary/aromatic N) is 2. The number of imide groups is 1. The van der Waals surface area contributed by atoms with Crippen molar-refractivity contribution in [2.45, 2.75) is 0 Å². The molecule has 1 aromatic carbocycles. The summed E-state index contributed by atoms with van der Waals surface area (Å²) in [5.74, 6) is -0.774. The molecule has 3 amide bonds. The second kappa shape index (κ2) is 8.16. The summed E-state index contributed by atoms with van der Waals surface area (Å²) >= 11 is 2.34. The van der Waals surface area contributed by atoms with Gasteiger partial charge in [-0.05, 0) is 41.4 Å². The molecule has 0 spiro atoms. The smallest absolute Gasteiger partial charge is 0.294 e. The molecule has 1 aliphatic rings. The minimum absolute atomic E-state index is 0.296. The first kappa shape index (κ1) is 18.2. The third-order valence-corrected chi connectivity index (χ3v) is 5.39. The van der Waals surface area contributed by atoms with Crippen LogP contribution in [0.2, 0.25) is 0 Å². The highest BCUT2D eigenvalue weighted by Gasteiger charge is 2.37. The molecule has 1 saturated heterocycles. The van der Waals surface area contributed by atoms with E-state index in [-0.39, 0.29) is 12.5 Å². The van der Waals surface area contributed by atoms with Crippen LogP contribution in [0, 0.1) is 0 Å². The number of rotatable bonds is 6. The van der Waals surface area contributed by atoms with Gasteiger partial charge < -0.3 is 4.90 Å². The van der Waals surface area contributed by atoms with Crippen LogP contribution >= 0.6 is 23.1 Å². The van der Waals surface area contributed by atoms with E-state index in [1.807, 2.05) is 35.7 Å². The molecule has 3 rings (SSSR count). The maximum Gasteiger partial charge on any atom is 0.294 e. The highest BCUT2D eigenvalue weighted by Crippen LogP contribution is 2.33. The molecule has 0 radical (unpaired) electrons. The summed E-state index contributed by atoms with van der Waals surface area (Å²) in [4.78, 5) is 41.2. The van der Waals surface area contributed by atoms with E-state index >= 15 is 0 Å². The van der Waals surface area contributed by atoms with E-state index < -0.39 is 11.1 Å². The topological polar surface area (TPSA) is 57.7 Å². The minimum atomic E-state index is -0.437. The van der Waals surface area contributed by atoms with Gasteiger partial charge in [0, 0.05) is 17.1 Å². The van der Waals surface area contributed by atoms with Gasteiger partial charge in [-0.1, -0.05) is 30.3 Å². The molecule has 0 unspecified atom stereocenters. The summed E-state index contributed by atoms with van der Waals surface area (Å²) in [5, 5.41) is 1.46. The Balaban J connectivity index is 1.76. The lowest BCUT2D eigenvalue weighted by atomic mass is 10.2. The Hall–Kier alpha value is -2.64. The summed E-state index contributed by atoms with van der Waals surface area (Å²) in [6.45, 7) is 3.67. The van der Waals surface area contributed by atoms with Gasteiger partial charge in [0.15, 0.2) is 0 Å². The lowest BCUT2D eigenvalue weighted by Gasteiger charge is -2.23. The molecular weight excluding hydrogens is 368 g/mol. The van der Waals surface area contributed by atoms with E-state index in [0.717, 1.165) is 21.5 Å². The van der Waals surface area contributed by atoms with E-state index in [9.17, 15) is 14.4 Å². The summed E-state index contributed by atoms with van der Waals surface area (Å²) < 4.78 is 0. The largest absolute Gasteiger partial charge is 0.307 e. The zero-order chi connectivity index (χ0) is 18.5. The number of thiophene rings is 1. The van der Waals surface area contributed by atoms with Crippen LogP contribution in [0.3, 0.4) is 0 Å². The molecule has 0 atom stereocenters. The molecule has 2 heterocycles.